The van der Waals surface area contributed by atoms with Crippen LogP contribution in [0.5, 0.6) is 0 Å². The number of hydrogen-bond donors (Lipinski definition) is 1. The predicted molar refractivity (Wildman–Crippen MR) is 124 cm³/mol. The third-order valence-corrected chi connectivity index (χ3v) is 7.81. The van der Waals surface area contributed by atoms with E-state index in [0.717, 1.165) is 48.5 Å². The fourth-order valence-corrected chi connectivity index (χ4v) is 6.63. The molecule has 3 heterocycles. The summed E-state index contributed by atoms with van der Waals surface area (Å²) in [6.07, 6.45) is 5.01. The van der Waals surface area contributed by atoms with Crippen LogP contribution in [0.3, 0.4) is 0 Å². The van der Waals surface area contributed by atoms with E-state index >= 15 is 0 Å². The lowest BCUT2D eigenvalue weighted by molar-refractivity contribution is -0.128. The summed E-state index contributed by atoms with van der Waals surface area (Å²) in [5.74, 6) is 0.951. The maximum atomic E-state index is 14.1. The molecule has 3 atom stereocenters. The smallest absolute Gasteiger partial charge is 0.254 e. The second kappa shape index (κ2) is 7.01. The van der Waals surface area contributed by atoms with Crippen LogP contribution in [-0.2, 0) is 4.79 Å². The first-order valence-electron chi connectivity index (χ1n) is 10.8. The molecule has 7 heteroatoms. The molecule has 1 N–H and O–H groups in total. The first-order valence-corrected chi connectivity index (χ1v) is 11.6. The third-order valence-electron chi connectivity index (χ3n) is 7.07. The van der Waals surface area contributed by atoms with Crippen LogP contribution in [0.25, 0.3) is 0 Å². The number of amides is 1. The molecule has 5 nitrogen and oxygen atoms in total. The summed E-state index contributed by atoms with van der Waals surface area (Å²) in [6.45, 7) is 9.76. The van der Waals surface area contributed by atoms with Crippen molar-refractivity contribution in [3.05, 3.63) is 57.3 Å². The zero-order valence-electron chi connectivity index (χ0n) is 18.4. The molecule has 2 fully saturated rings. The molecule has 2 aliphatic heterocycles. The van der Waals surface area contributed by atoms with Crippen molar-refractivity contribution in [2.24, 2.45) is 10.8 Å². The number of carbonyl (C=O) groups is 1. The van der Waals surface area contributed by atoms with Gasteiger partial charge in [0.2, 0.25) is 0 Å². The molecule has 1 saturated carbocycles. The quantitative estimate of drug-likeness (QED) is 0.608. The monoisotopic (exact) mass is 458 g/mol. The van der Waals surface area contributed by atoms with E-state index < -0.39 is 0 Å². The highest BCUT2D eigenvalue weighted by Gasteiger charge is 2.52. The Kier molecular flexibility index (Phi) is 4.73. The Bertz CT molecular complexity index is 1100. The van der Waals surface area contributed by atoms with Crippen LogP contribution in [-0.4, -0.2) is 33.2 Å². The number of carbonyl (C=O) groups excluding carboxylic acids is 1. The van der Waals surface area contributed by atoms with Crippen molar-refractivity contribution in [3.8, 4) is 0 Å². The van der Waals surface area contributed by atoms with Gasteiger partial charge in [0.15, 0.2) is 0 Å². The standard InChI is InChI=1S/C24H28Cl2N4O/c1-14-20(22(31)29-13-24(4)11-16(29)10-23(2,3)12-24)21(30-19(28-14)7-8-27-30)15-5-6-17(25)18(26)9-15/h5-9,16,21,28H,10-13H2,1-4H3. The summed E-state index contributed by atoms with van der Waals surface area (Å²) in [7, 11) is 0. The number of nitrogens with zero attached hydrogens (tertiary/aromatic N) is 3. The Morgan fingerprint density at radius 3 is 2.68 bits per heavy atom. The fraction of sp³-hybridized carbons (Fsp3) is 0.500. The Hall–Kier alpha value is -1.98. The van der Waals surface area contributed by atoms with Crippen LogP contribution in [0.15, 0.2) is 41.7 Å². The molecule has 2 aromatic rings. The molecular formula is C24H28Cl2N4O. The molecule has 0 spiro atoms. The van der Waals surface area contributed by atoms with Gasteiger partial charge in [-0.2, -0.15) is 5.10 Å². The van der Waals surface area contributed by atoms with E-state index in [4.69, 9.17) is 23.2 Å². The number of hydrogen-bond acceptors (Lipinski definition) is 3. The summed E-state index contributed by atoms with van der Waals surface area (Å²) in [5, 5.41) is 8.89. The summed E-state index contributed by atoms with van der Waals surface area (Å²) in [6, 6.07) is 7.40. The number of fused-ring (bicyclic) bond motifs is 3. The molecule has 1 aromatic carbocycles. The SMILES string of the molecule is CC1=C(C(=O)N2CC3(C)CC2CC(C)(C)C3)C(c2ccc(Cl)c(Cl)c2)n2nccc2N1. The van der Waals surface area contributed by atoms with Gasteiger partial charge < -0.3 is 10.2 Å². The Morgan fingerprint density at radius 2 is 1.94 bits per heavy atom. The minimum Gasteiger partial charge on any atom is -0.344 e. The number of aromatic nitrogens is 2. The van der Waals surface area contributed by atoms with Crippen LogP contribution in [0.1, 0.15) is 58.6 Å². The molecule has 1 aliphatic carbocycles. The van der Waals surface area contributed by atoms with Crippen molar-refractivity contribution in [2.45, 2.75) is 59.0 Å². The lowest BCUT2D eigenvalue weighted by atomic mass is 9.65. The van der Waals surface area contributed by atoms with E-state index in [1.54, 1.807) is 12.3 Å². The van der Waals surface area contributed by atoms with Crippen molar-refractivity contribution < 1.29 is 4.79 Å². The maximum absolute atomic E-state index is 14.1. The molecule has 0 radical (unpaired) electrons. The van der Waals surface area contributed by atoms with Crippen molar-refractivity contribution in [1.29, 1.82) is 0 Å². The summed E-state index contributed by atoms with van der Waals surface area (Å²) >= 11 is 12.5. The van der Waals surface area contributed by atoms with Crippen molar-refractivity contribution in [2.75, 3.05) is 11.9 Å². The molecule has 164 valence electrons. The average Bonchev–Trinajstić information content (AvgIpc) is 3.22. The molecule has 1 amide bonds. The highest BCUT2D eigenvalue weighted by Crippen LogP contribution is 2.53. The highest BCUT2D eigenvalue weighted by atomic mass is 35.5. The van der Waals surface area contributed by atoms with Gasteiger partial charge in [-0.3, -0.25) is 4.79 Å². The number of benzene rings is 1. The third kappa shape index (κ3) is 3.46. The van der Waals surface area contributed by atoms with Gasteiger partial charge >= 0.3 is 0 Å². The fourth-order valence-electron chi connectivity index (χ4n) is 6.33. The normalized spacial score (nSPS) is 29.0. The summed E-state index contributed by atoms with van der Waals surface area (Å²) < 4.78 is 1.87. The van der Waals surface area contributed by atoms with Crippen LogP contribution >= 0.6 is 23.2 Å². The van der Waals surface area contributed by atoms with Gasteiger partial charge in [-0.15, -0.1) is 0 Å². The van der Waals surface area contributed by atoms with E-state index in [0.29, 0.717) is 10.0 Å². The Labute approximate surface area is 193 Å². The molecule has 2 bridgehead atoms. The van der Waals surface area contributed by atoms with Crippen molar-refractivity contribution in [1.82, 2.24) is 14.7 Å². The zero-order chi connectivity index (χ0) is 22.1. The molecule has 31 heavy (non-hydrogen) atoms. The average molecular weight is 459 g/mol. The van der Waals surface area contributed by atoms with Gasteiger partial charge in [-0.1, -0.05) is 50.0 Å². The minimum atomic E-state index is -0.352. The van der Waals surface area contributed by atoms with Gasteiger partial charge in [0, 0.05) is 24.4 Å². The van der Waals surface area contributed by atoms with Gasteiger partial charge in [-0.25, -0.2) is 4.68 Å². The first-order chi connectivity index (χ1) is 14.6. The number of allylic oxidation sites excluding steroid dienone is 1. The van der Waals surface area contributed by atoms with Crippen molar-refractivity contribution >= 4 is 34.9 Å². The lowest BCUT2D eigenvalue weighted by Crippen LogP contribution is -2.41. The molecule has 1 aromatic heterocycles. The van der Waals surface area contributed by atoms with Crippen LogP contribution in [0, 0.1) is 10.8 Å². The number of anilines is 1. The largest absolute Gasteiger partial charge is 0.344 e. The molecule has 3 aliphatic rings. The van der Waals surface area contributed by atoms with Gasteiger partial charge in [0.05, 0.1) is 21.8 Å². The Balaban J connectivity index is 1.58. The minimum absolute atomic E-state index is 0.0913. The highest BCUT2D eigenvalue weighted by molar-refractivity contribution is 6.42. The molecular weight excluding hydrogens is 431 g/mol. The molecule has 1 saturated heterocycles. The summed E-state index contributed by atoms with van der Waals surface area (Å²) in [4.78, 5) is 16.2. The topological polar surface area (TPSA) is 50.2 Å². The van der Waals surface area contributed by atoms with E-state index in [1.165, 1.54) is 0 Å². The summed E-state index contributed by atoms with van der Waals surface area (Å²) in [5.41, 5.74) is 2.91. The number of nitrogens with one attached hydrogen (secondary N) is 1. The number of rotatable bonds is 2. The number of likely N-dealkylation sites (tertiary alicyclic amines) is 1. The first kappa shape index (κ1) is 20.9. The number of halogens is 2. The lowest BCUT2D eigenvalue weighted by Gasteiger charge is -2.39. The van der Waals surface area contributed by atoms with E-state index in [2.05, 4.69) is 36.1 Å². The molecule has 3 unspecified atom stereocenters. The molecule has 5 rings (SSSR count). The second-order valence-electron chi connectivity index (χ2n) is 10.5. The van der Waals surface area contributed by atoms with E-state index in [-0.39, 0.29) is 28.8 Å². The predicted octanol–water partition coefficient (Wildman–Crippen LogP) is 5.91. The van der Waals surface area contributed by atoms with Gasteiger partial charge in [0.1, 0.15) is 11.9 Å². The van der Waals surface area contributed by atoms with Crippen molar-refractivity contribution in [3.63, 3.8) is 0 Å². The second-order valence-corrected chi connectivity index (χ2v) is 11.4. The van der Waals surface area contributed by atoms with Crippen LogP contribution in [0.2, 0.25) is 10.0 Å². The maximum Gasteiger partial charge on any atom is 0.254 e. The van der Waals surface area contributed by atoms with Gasteiger partial charge in [-0.05, 0) is 54.7 Å². The van der Waals surface area contributed by atoms with Gasteiger partial charge in [0.25, 0.3) is 5.91 Å². The Morgan fingerprint density at radius 1 is 1.16 bits per heavy atom. The van der Waals surface area contributed by atoms with E-state index in [1.807, 2.05) is 29.8 Å². The van der Waals surface area contributed by atoms with Crippen LogP contribution in [0.4, 0.5) is 5.82 Å². The van der Waals surface area contributed by atoms with Crippen LogP contribution < -0.4 is 5.32 Å². The zero-order valence-corrected chi connectivity index (χ0v) is 19.9. The van der Waals surface area contributed by atoms with E-state index in [9.17, 15) is 4.79 Å².